The molecule has 4 heteroatoms. The minimum absolute atomic E-state index is 0.0777. The van der Waals surface area contributed by atoms with Gasteiger partial charge in [0.25, 0.3) is 0 Å². The van der Waals surface area contributed by atoms with E-state index < -0.39 is 0 Å². The highest BCUT2D eigenvalue weighted by molar-refractivity contribution is 6.08. The van der Waals surface area contributed by atoms with Gasteiger partial charge in [-0.1, -0.05) is 6.07 Å². The third-order valence-electron chi connectivity index (χ3n) is 3.12. The van der Waals surface area contributed by atoms with Gasteiger partial charge in [0.1, 0.15) is 0 Å². The lowest BCUT2D eigenvalue weighted by Crippen LogP contribution is -2.12. The summed E-state index contributed by atoms with van der Waals surface area (Å²) in [5.74, 6) is 0.384. The second-order valence-electron chi connectivity index (χ2n) is 4.39. The highest BCUT2D eigenvalue weighted by atomic mass is 16.1. The summed E-state index contributed by atoms with van der Waals surface area (Å²) in [6, 6.07) is 3.67. The Balaban J connectivity index is 2.50. The lowest BCUT2D eigenvalue weighted by molar-refractivity contribution is 0.102. The fourth-order valence-electron chi connectivity index (χ4n) is 2.01. The molecule has 1 heterocycles. The number of hydrogen-bond donors (Lipinski definition) is 1. The number of imidazole rings is 1. The number of aromatic nitrogens is 2. The maximum atomic E-state index is 12.4. The van der Waals surface area contributed by atoms with Crippen molar-refractivity contribution in [3.05, 3.63) is 47.0 Å². The zero-order valence-corrected chi connectivity index (χ0v) is 10.9. The Morgan fingerprint density at radius 3 is 2.72 bits per heavy atom. The number of nitrogens with zero attached hydrogens (tertiary/aromatic N) is 2. The van der Waals surface area contributed by atoms with Crippen molar-refractivity contribution in [3.63, 3.8) is 0 Å². The molecular formula is C14H17N3O. The molecule has 0 saturated heterocycles. The molecule has 0 spiro atoms. The van der Waals surface area contributed by atoms with Crippen LogP contribution in [0, 0.1) is 13.8 Å². The van der Waals surface area contributed by atoms with Gasteiger partial charge in [-0.15, -0.1) is 0 Å². The summed E-state index contributed by atoms with van der Waals surface area (Å²) in [5, 5.41) is 0. The van der Waals surface area contributed by atoms with E-state index in [0.717, 1.165) is 17.7 Å². The minimum Gasteiger partial charge on any atom is -0.398 e. The van der Waals surface area contributed by atoms with Crippen molar-refractivity contribution >= 4 is 11.5 Å². The fraction of sp³-hybridized carbons (Fsp3) is 0.286. The van der Waals surface area contributed by atoms with Gasteiger partial charge in [-0.3, -0.25) is 4.79 Å². The van der Waals surface area contributed by atoms with Crippen LogP contribution in [-0.2, 0) is 6.54 Å². The molecule has 0 atom stereocenters. The maximum absolute atomic E-state index is 12.4. The molecule has 1 aromatic heterocycles. The largest absolute Gasteiger partial charge is 0.398 e. The van der Waals surface area contributed by atoms with Gasteiger partial charge in [0.15, 0.2) is 5.82 Å². The summed E-state index contributed by atoms with van der Waals surface area (Å²) >= 11 is 0. The van der Waals surface area contributed by atoms with Crippen LogP contribution in [0.1, 0.15) is 34.2 Å². The van der Waals surface area contributed by atoms with Gasteiger partial charge in [0.05, 0.1) is 0 Å². The Hall–Kier alpha value is -2.10. The van der Waals surface area contributed by atoms with E-state index in [1.165, 1.54) is 0 Å². The van der Waals surface area contributed by atoms with Gasteiger partial charge in [-0.25, -0.2) is 4.98 Å². The summed E-state index contributed by atoms with van der Waals surface area (Å²) in [4.78, 5) is 16.6. The number of hydrogen-bond acceptors (Lipinski definition) is 3. The van der Waals surface area contributed by atoms with Crippen LogP contribution in [0.25, 0.3) is 0 Å². The molecule has 2 N–H and O–H groups in total. The predicted octanol–water partition coefficient (Wildman–Crippen LogP) is 2.33. The molecule has 4 nitrogen and oxygen atoms in total. The Morgan fingerprint density at radius 2 is 2.06 bits per heavy atom. The zero-order chi connectivity index (χ0) is 13.3. The Morgan fingerprint density at radius 1 is 1.33 bits per heavy atom. The molecule has 0 radical (unpaired) electrons. The molecule has 0 aliphatic carbocycles. The Labute approximate surface area is 106 Å². The first-order chi connectivity index (χ1) is 8.54. The quantitative estimate of drug-likeness (QED) is 0.664. The van der Waals surface area contributed by atoms with Gasteiger partial charge in [-0.2, -0.15) is 0 Å². The monoisotopic (exact) mass is 243 g/mol. The van der Waals surface area contributed by atoms with Crippen LogP contribution >= 0.6 is 0 Å². The van der Waals surface area contributed by atoms with Crippen LogP contribution in [0.2, 0.25) is 0 Å². The molecule has 0 unspecified atom stereocenters. The van der Waals surface area contributed by atoms with Gasteiger partial charge in [0, 0.05) is 30.2 Å². The van der Waals surface area contributed by atoms with Crippen molar-refractivity contribution < 1.29 is 4.79 Å². The molecule has 0 aliphatic heterocycles. The maximum Gasteiger partial charge on any atom is 0.228 e. The number of carbonyl (C=O) groups is 1. The average Bonchev–Trinajstić information content (AvgIpc) is 2.81. The molecule has 0 bridgehead atoms. The summed E-state index contributed by atoms with van der Waals surface area (Å²) in [6.07, 6.45) is 3.45. The molecule has 0 aliphatic rings. The summed E-state index contributed by atoms with van der Waals surface area (Å²) in [6.45, 7) is 6.55. The lowest BCUT2D eigenvalue weighted by atomic mass is 10.0. The first-order valence-corrected chi connectivity index (χ1v) is 5.97. The zero-order valence-electron chi connectivity index (χ0n) is 10.9. The molecule has 0 amide bonds. The standard InChI is InChI=1S/C14H17N3O/c1-4-17-6-5-16-14(17)13(18)11-8-12(15)10(3)7-9(11)2/h5-8H,4,15H2,1-3H3. The molecule has 1 aromatic carbocycles. The second kappa shape index (κ2) is 4.64. The van der Waals surface area contributed by atoms with Crippen molar-refractivity contribution in [1.29, 1.82) is 0 Å². The van der Waals surface area contributed by atoms with E-state index in [0.29, 0.717) is 17.1 Å². The van der Waals surface area contributed by atoms with Crippen LogP contribution in [0.4, 0.5) is 5.69 Å². The van der Waals surface area contributed by atoms with Crippen molar-refractivity contribution in [2.24, 2.45) is 0 Å². The van der Waals surface area contributed by atoms with Crippen LogP contribution < -0.4 is 5.73 Å². The number of ketones is 1. The van der Waals surface area contributed by atoms with E-state index in [1.54, 1.807) is 18.5 Å². The van der Waals surface area contributed by atoms with Gasteiger partial charge in [-0.05, 0) is 38.0 Å². The molecule has 0 saturated carbocycles. The smallest absolute Gasteiger partial charge is 0.228 e. The number of anilines is 1. The molecule has 18 heavy (non-hydrogen) atoms. The Kier molecular flexibility index (Phi) is 3.19. The molecule has 2 rings (SSSR count). The fourth-order valence-corrected chi connectivity index (χ4v) is 2.01. The number of nitrogen functional groups attached to an aromatic ring is 1. The topological polar surface area (TPSA) is 60.9 Å². The first-order valence-electron chi connectivity index (χ1n) is 5.97. The SMILES string of the molecule is CCn1ccnc1C(=O)c1cc(N)c(C)cc1C. The van der Waals surface area contributed by atoms with Crippen molar-refractivity contribution in [2.45, 2.75) is 27.3 Å². The summed E-state index contributed by atoms with van der Waals surface area (Å²) in [7, 11) is 0. The first kappa shape index (κ1) is 12.4. The third-order valence-corrected chi connectivity index (χ3v) is 3.12. The molecule has 0 fully saturated rings. The van der Waals surface area contributed by atoms with Crippen molar-refractivity contribution in [3.8, 4) is 0 Å². The number of rotatable bonds is 3. The van der Waals surface area contributed by atoms with Crippen molar-refractivity contribution in [1.82, 2.24) is 9.55 Å². The van der Waals surface area contributed by atoms with E-state index >= 15 is 0 Å². The summed E-state index contributed by atoms with van der Waals surface area (Å²) < 4.78 is 1.83. The molecule has 2 aromatic rings. The second-order valence-corrected chi connectivity index (χ2v) is 4.39. The van der Waals surface area contributed by atoms with Gasteiger partial charge < -0.3 is 10.3 Å². The van der Waals surface area contributed by atoms with E-state index in [2.05, 4.69) is 4.98 Å². The predicted molar refractivity (Wildman–Crippen MR) is 71.7 cm³/mol. The van der Waals surface area contributed by atoms with E-state index in [4.69, 9.17) is 5.73 Å². The van der Waals surface area contributed by atoms with E-state index in [-0.39, 0.29) is 5.78 Å². The van der Waals surface area contributed by atoms with E-state index in [1.807, 2.05) is 31.4 Å². The number of aryl methyl sites for hydroxylation is 3. The number of carbonyl (C=O) groups excluding carboxylic acids is 1. The summed E-state index contributed by atoms with van der Waals surface area (Å²) in [5.41, 5.74) is 9.05. The average molecular weight is 243 g/mol. The minimum atomic E-state index is -0.0777. The van der Waals surface area contributed by atoms with E-state index in [9.17, 15) is 4.79 Å². The third kappa shape index (κ3) is 2.01. The highest BCUT2D eigenvalue weighted by Crippen LogP contribution is 2.20. The highest BCUT2D eigenvalue weighted by Gasteiger charge is 2.17. The van der Waals surface area contributed by atoms with Crippen LogP contribution in [0.15, 0.2) is 24.5 Å². The van der Waals surface area contributed by atoms with Gasteiger partial charge >= 0.3 is 0 Å². The van der Waals surface area contributed by atoms with Gasteiger partial charge in [0.2, 0.25) is 5.78 Å². The number of benzene rings is 1. The van der Waals surface area contributed by atoms with Crippen LogP contribution in [0.5, 0.6) is 0 Å². The number of nitrogens with two attached hydrogens (primary N) is 1. The van der Waals surface area contributed by atoms with Crippen molar-refractivity contribution in [2.75, 3.05) is 5.73 Å². The normalized spacial score (nSPS) is 10.6. The molecule has 94 valence electrons. The molecular weight excluding hydrogens is 226 g/mol. The lowest BCUT2D eigenvalue weighted by Gasteiger charge is -2.09. The van der Waals surface area contributed by atoms with Crippen LogP contribution in [-0.4, -0.2) is 15.3 Å². The van der Waals surface area contributed by atoms with Crippen LogP contribution in [0.3, 0.4) is 0 Å². The Bertz CT molecular complexity index is 599.